The Labute approximate surface area is 67.0 Å². The summed E-state index contributed by atoms with van der Waals surface area (Å²) in [5.74, 6) is 0. The molecule has 0 aliphatic rings. The topological polar surface area (TPSA) is 0 Å². The molecule has 0 aliphatic heterocycles. The van der Waals surface area contributed by atoms with Gasteiger partial charge in [0.15, 0.2) is 0 Å². The molecule has 10 heavy (non-hydrogen) atoms. The zero-order chi connectivity index (χ0) is 7.40. The first-order chi connectivity index (χ1) is 4.84. The minimum atomic E-state index is 0.0845. The van der Waals surface area contributed by atoms with Gasteiger partial charge in [0.05, 0.1) is 0 Å². The molecular formula is C8H12Si2. The van der Waals surface area contributed by atoms with E-state index in [1.165, 1.54) is 20.5 Å². The molecule has 1 aromatic carbocycles. The monoisotopic (exact) mass is 164 g/mol. The molecule has 0 saturated heterocycles. The fraction of sp³-hybridized carbons (Fsp3) is 0. The zero-order valence-electron chi connectivity index (χ0n) is 6.30. The van der Waals surface area contributed by atoms with Gasteiger partial charge in [0, 0.05) is 9.04 Å². The average molecular weight is 164 g/mol. The Kier molecular flexibility index (Phi) is 2.65. The van der Waals surface area contributed by atoms with Gasteiger partial charge in [0.1, 0.15) is 0 Å². The average Bonchev–Trinajstić information content (AvgIpc) is 2.05. The highest BCUT2D eigenvalue weighted by Gasteiger charge is 1.91. The molecule has 1 aromatic rings. The van der Waals surface area contributed by atoms with Crippen LogP contribution in [0.15, 0.2) is 36.9 Å². The summed E-state index contributed by atoms with van der Waals surface area (Å²) in [6, 6.07) is 10.5. The van der Waals surface area contributed by atoms with Gasteiger partial charge in [-0.25, -0.2) is 0 Å². The van der Waals surface area contributed by atoms with Crippen molar-refractivity contribution < 1.29 is 0 Å². The molecule has 0 nitrogen and oxygen atoms in total. The van der Waals surface area contributed by atoms with E-state index in [2.05, 4.69) is 30.8 Å². The van der Waals surface area contributed by atoms with Crippen LogP contribution >= 0.6 is 0 Å². The molecule has 0 atom stereocenters. The quantitative estimate of drug-likeness (QED) is 0.544. The van der Waals surface area contributed by atoms with Crippen LogP contribution < -0.4 is 0 Å². The maximum atomic E-state index is 4.04. The van der Waals surface area contributed by atoms with Crippen LogP contribution in [0.25, 0.3) is 5.20 Å². The van der Waals surface area contributed by atoms with Crippen molar-refractivity contribution in [2.24, 2.45) is 0 Å². The second kappa shape index (κ2) is 3.53. The molecule has 0 saturated carbocycles. The fourth-order valence-corrected chi connectivity index (χ4v) is 2.75. The van der Waals surface area contributed by atoms with Gasteiger partial charge in [0.2, 0.25) is 0 Å². The van der Waals surface area contributed by atoms with Crippen LogP contribution in [0.5, 0.6) is 0 Å². The number of rotatable bonds is 2. The summed E-state index contributed by atoms with van der Waals surface area (Å²) in [5.41, 5.74) is 1.35. The maximum Gasteiger partial charge on any atom is 0.0384 e. The summed E-state index contributed by atoms with van der Waals surface area (Å²) >= 11 is 0. The molecule has 0 fully saturated rings. The van der Waals surface area contributed by atoms with E-state index >= 15 is 0 Å². The lowest BCUT2D eigenvalue weighted by Crippen LogP contribution is -1.92. The Balaban J connectivity index is 2.85. The Hall–Kier alpha value is -0.606. The molecular weight excluding hydrogens is 152 g/mol. The lowest BCUT2D eigenvalue weighted by atomic mass is 10.2. The van der Waals surface area contributed by atoms with Crippen LogP contribution in [0.2, 0.25) is 0 Å². The van der Waals surface area contributed by atoms with Crippen molar-refractivity contribution >= 4 is 24.0 Å². The summed E-state index contributed by atoms with van der Waals surface area (Å²) < 4.78 is 0. The summed E-state index contributed by atoms with van der Waals surface area (Å²) in [7, 11) is 1.43. The van der Waals surface area contributed by atoms with Gasteiger partial charge in [-0.05, 0) is 15.3 Å². The van der Waals surface area contributed by atoms with Gasteiger partial charge in [-0.15, -0.1) is 6.58 Å². The van der Waals surface area contributed by atoms with E-state index < -0.39 is 0 Å². The molecule has 0 heterocycles. The van der Waals surface area contributed by atoms with E-state index in [1.807, 2.05) is 6.07 Å². The third-order valence-electron chi connectivity index (χ3n) is 1.61. The van der Waals surface area contributed by atoms with Crippen molar-refractivity contribution in [3.63, 3.8) is 0 Å². The molecule has 0 aromatic heterocycles. The molecule has 0 bridgehead atoms. The third kappa shape index (κ3) is 1.68. The van der Waals surface area contributed by atoms with E-state index in [9.17, 15) is 0 Å². The fourth-order valence-electron chi connectivity index (χ4n) is 0.878. The molecule has 0 radical (unpaired) electrons. The van der Waals surface area contributed by atoms with Crippen LogP contribution in [0.4, 0.5) is 0 Å². The predicted octanol–water partition coefficient (Wildman–Crippen LogP) is 0.107. The summed E-state index contributed by atoms with van der Waals surface area (Å²) in [4.78, 5) is 0. The van der Waals surface area contributed by atoms with E-state index in [0.717, 1.165) is 0 Å². The Morgan fingerprint density at radius 1 is 1.30 bits per heavy atom. The lowest BCUT2D eigenvalue weighted by Gasteiger charge is -1.99. The van der Waals surface area contributed by atoms with E-state index in [4.69, 9.17) is 0 Å². The Bertz CT molecular complexity index is 216. The third-order valence-corrected chi connectivity index (χ3v) is 5.43. The van der Waals surface area contributed by atoms with Gasteiger partial charge in [-0.3, -0.25) is 0 Å². The number of benzene rings is 1. The highest BCUT2D eigenvalue weighted by atomic mass is 29.1. The van der Waals surface area contributed by atoms with Crippen LogP contribution in [0.1, 0.15) is 5.56 Å². The molecule has 0 unspecified atom stereocenters. The van der Waals surface area contributed by atoms with Crippen molar-refractivity contribution in [1.29, 1.82) is 0 Å². The molecule has 0 N–H and O–H groups in total. The van der Waals surface area contributed by atoms with Crippen LogP contribution in [0.3, 0.4) is 0 Å². The van der Waals surface area contributed by atoms with Gasteiger partial charge < -0.3 is 0 Å². The van der Waals surface area contributed by atoms with E-state index in [0.29, 0.717) is 0 Å². The van der Waals surface area contributed by atoms with Crippen molar-refractivity contribution in [2.75, 3.05) is 0 Å². The molecule has 0 aliphatic carbocycles. The first kappa shape index (κ1) is 7.50. The minimum Gasteiger partial charge on any atom is -0.100 e. The molecule has 52 valence electrons. The maximum absolute atomic E-state index is 4.04. The Morgan fingerprint density at radius 3 is 2.40 bits per heavy atom. The van der Waals surface area contributed by atoms with Crippen molar-refractivity contribution in [3.8, 4) is 0 Å². The zero-order valence-corrected chi connectivity index (χ0v) is 9.72. The SMILES string of the molecule is C=C([SiH2][SiH3])c1ccccc1. The van der Waals surface area contributed by atoms with Crippen molar-refractivity contribution in [3.05, 3.63) is 42.5 Å². The largest absolute Gasteiger partial charge is 0.100 e. The first-order valence-electron chi connectivity index (χ1n) is 3.57. The van der Waals surface area contributed by atoms with Gasteiger partial charge in [-0.2, -0.15) is 0 Å². The predicted molar refractivity (Wildman–Crippen MR) is 54.0 cm³/mol. The highest BCUT2D eigenvalue weighted by Crippen LogP contribution is 2.07. The summed E-state index contributed by atoms with van der Waals surface area (Å²) in [6.45, 7) is 4.04. The number of hydrogen-bond donors (Lipinski definition) is 0. The highest BCUT2D eigenvalue weighted by molar-refractivity contribution is 7.00. The number of hydrogen-bond acceptors (Lipinski definition) is 0. The second-order valence-corrected chi connectivity index (χ2v) is 6.01. The summed E-state index contributed by atoms with van der Waals surface area (Å²) in [6.07, 6.45) is 0. The van der Waals surface area contributed by atoms with E-state index in [-0.39, 0.29) is 9.04 Å². The molecule has 0 amide bonds. The van der Waals surface area contributed by atoms with Crippen molar-refractivity contribution in [1.82, 2.24) is 0 Å². The standard InChI is InChI=1S/C8H12Si2/c1-7(10-9)8-5-3-2-4-6-8/h2-6H,1,10H2,9H3. The molecule has 1 rings (SSSR count). The van der Waals surface area contributed by atoms with E-state index in [1.54, 1.807) is 0 Å². The van der Waals surface area contributed by atoms with Crippen LogP contribution in [-0.4, -0.2) is 18.8 Å². The lowest BCUT2D eigenvalue weighted by molar-refractivity contribution is 1.66. The van der Waals surface area contributed by atoms with Gasteiger partial charge in [0.25, 0.3) is 0 Å². The van der Waals surface area contributed by atoms with Crippen molar-refractivity contribution in [2.45, 2.75) is 0 Å². The minimum absolute atomic E-state index is 0.0845. The first-order valence-corrected chi connectivity index (χ1v) is 9.94. The molecule has 0 spiro atoms. The normalized spacial score (nSPS) is 10.8. The van der Waals surface area contributed by atoms with Gasteiger partial charge in [-0.1, -0.05) is 35.5 Å². The van der Waals surface area contributed by atoms with Crippen LogP contribution in [-0.2, 0) is 0 Å². The smallest absolute Gasteiger partial charge is 0.0384 e. The van der Waals surface area contributed by atoms with Crippen LogP contribution in [0, 0.1) is 0 Å². The Morgan fingerprint density at radius 2 is 1.90 bits per heavy atom. The summed E-state index contributed by atoms with van der Waals surface area (Å²) in [5, 5.41) is 1.41. The molecule has 2 heteroatoms. The second-order valence-electron chi connectivity index (χ2n) is 2.32. The van der Waals surface area contributed by atoms with Gasteiger partial charge >= 0.3 is 0 Å².